The van der Waals surface area contributed by atoms with Gasteiger partial charge in [-0.2, -0.15) is 0 Å². The predicted molar refractivity (Wildman–Crippen MR) is 136 cm³/mol. The summed E-state index contributed by atoms with van der Waals surface area (Å²) < 4.78 is 32.1. The molecule has 0 unspecified atom stereocenters. The smallest absolute Gasteiger partial charge is 0.237 e. The summed E-state index contributed by atoms with van der Waals surface area (Å²) in [5.74, 6) is 1.27. The summed E-state index contributed by atoms with van der Waals surface area (Å²) in [5, 5.41) is 5.15. The number of amides is 1. The molecule has 2 saturated carbocycles. The fraction of sp³-hybridized carbons (Fsp3) is 0.593. The Labute approximate surface area is 203 Å². The Kier molecular flexibility index (Phi) is 7.53. The van der Waals surface area contributed by atoms with Crippen LogP contribution in [-0.2, 0) is 21.4 Å². The van der Waals surface area contributed by atoms with Crippen LogP contribution < -0.4 is 14.8 Å². The first-order valence-corrected chi connectivity index (χ1v) is 14.1. The molecule has 0 aliphatic heterocycles. The van der Waals surface area contributed by atoms with Gasteiger partial charge in [-0.3, -0.25) is 9.52 Å². The minimum atomic E-state index is -3.46. The van der Waals surface area contributed by atoms with Crippen molar-refractivity contribution in [3.8, 4) is 5.75 Å². The highest BCUT2D eigenvalue weighted by Crippen LogP contribution is 2.39. The zero-order chi connectivity index (χ0) is 24.3. The minimum absolute atomic E-state index is 0.137. The molecule has 7 heteroatoms. The van der Waals surface area contributed by atoms with Crippen molar-refractivity contribution in [2.24, 2.45) is 11.3 Å². The highest BCUT2D eigenvalue weighted by molar-refractivity contribution is 7.90. The van der Waals surface area contributed by atoms with Crippen molar-refractivity contribution in [1.82, 2.24) is 10.0 Å². The summed E-state index contributed by atoms with van der Waals surface area (Å²) in [5.41, 5.74) is 1.50. The topological polar surface area (TPSA) is 84.5 Å². The maximum atomic E-state index is 11.9. The van der Waals surface area contributed by atoms with Crippen LogP contribution in [0.3, 0.4) is 0 Å². The lowest BCUT2D eigenvalue weighted by Crippen LogP contribution is -2.34. The van der Waals surface area contributed by atoms with E-state index >= 15 is 0 Å². The summed E-state index contributed by atoms with van der Waals surface area (Å²) in [6.45, 7) is 8.06. The maximum Gasteiger partial charge on any atom is 0.237 e. The van der Waals surface area contributed by atoms with Crippen LogP contribution in [-0.4, -0.2) is 32.2 Å². The maximum absolute atomic E-state index is 11.9. The summed E-state index contributed by atoms with van der Waals surface area (Å²) in [6, 6.07) is 12.6. The third kappa shape index (κ3) is 6.72. The van der Waals surface area contributed by atoms with E-state index in [-0.39, 0.29) is 11.7 Å². The lowest BCUT2D eigenvalue weighted by atomic mass is 9.72. The molecule has 186 valence electrons. The first-order valence-electron chi connectivity index (χ1n) is 12.5. The second-order valence-electron chi connectivity index (χ2n) is 11.0. The van der Waals surface area contributed by atoms with Gasteiger partial charge in [-0.1, -0.05) is 39.0 Å². The second kappa shape index (κ2) is 10.2. The number of hydrogen-bond acceptors (Lipinski definition) is 5. The molecule has 1 amide bonds. The van der Waals surface area contributed by atoms with E-state index in [0.29, 0.717) is 37.5 Å². The van der Waals surface area contributed by atoms with Gasteiger partial charge in [-0.25, -0.2) is 8.42 Å². The quantitative estimate of drug-likeness (QED) is 0.492. The highest BCUT2D eigenvalue weighted by atomic mass is 32.2. The fourth-order valence-corrected chi connectivity index (χ4v) is 6.14. The van der Waals surface area contributed by atoms with Gasteiger partial charge in [0.1, 0.15) is 5.75 Å². The number of sulfonamides is 1. The number of ether oxygens (including phenoxy) is 1. The van der Waals surface area contributed by atoms with Crippen LogP contribution in [0.25, 0.3) is 10.8 Å². The molecule has 0 radical (unpaired) electrons. The number of carbonyl (C=O) groups is 1. The van der Waals surface area contributed by atoms with Gasteiger partial charge in [0.05, 0.1) is 11.4 Å². The molecule has 2 fully saturated rings. The number of rotatable bonds is 9. The van der Waals surface area contributed by atoms with Gasteiger partial charge >= 0.3 is 0 Å². The fourth-order valence-electron chi connectivity index (χ4n) is 4.80. The van der Waals surface area contributed by atoms with Crippen LogP contribution in [0.15, 0.2) is 36.4 Å². The molecule has 0 saturated heterocycles. The van der Waals surface area contributed by atoms with Crippen molar-refractivity contribution in [3.05, 3.63) is 42.0 Å². The highest BCUT2D eigenvalue weighted by Gasteiger charge is 2.36. The molecule has 0 atom stereocenters. The summed E-state index contributed by atoms with van der Waals surface area (Å²) >= 11 is 0. The molecule has 6 nitrogen and oxygen atoms in total. The van der Waals surface area contributed by atoms with Gasteiger partial charge in [-0.15, -0.1) is 0 Å². The van der Waals surface area contributed by atoms with Crippen molar-refractivity contribution in [2.75, 3.05) is 6.54 Å². The monoisotopic (exact) mass is 486 g/mol. The third-order valence-corrected chi connectivity index (χ3v) is 9.02. The SMILES string of the molecule is CC(C)(C)[C@H]1CC[C@H](Oc2ccc3cc(CNCCC(=O)NS(=O)(=O)C4CC4)ccc3c2)CC1. The second-order valence-corrected chi connectivity index (χ2v) is 13.0. The van der Waals surface area contributed by atoms with Crippen LogP contribution in [0, 0.1) is 11.3 Å². The Morgan fingerprint density at radius 3 is 2.32 bits per heavy atom. The normalized spacial score (nSPS) is 21.4. The van der Waals surface area contributed by atoms with Gasteiger partial charge in [0, 0.05) is 19.5 Å². The van der Waals surface area contributed by atoms with E-state index in [1.807, 2.05) is 0 Å². The summed E-state index contributed by atoms with van der Waals surface area (Å²) in [7, 11) is -3.46. The standard InChI is InChI=1S/C27H38N2O4S/c1-27(2,3)22-7-10-23(11-8-22)33-24-9-6-20-16-19(4-5-21(20)17-24)18-28-15-14-26(30)29-34(31,32)25-12-13-25/h4-6,9,16-17,22-23,25,28H,7-8,10-15,18H2,1-3H3,(H,29,30)/t22-,23-. The Balaban J connectivity index is 1.23. The molecule has 0 aromatic heterocycles. The van der Waals surface area contributed by atoms with Crippen LogP contribution in [0.2, 0.25) is 0 Å². The number of carbonyl (C=O) groups excluding carboxylic acids is 1. The molecule has 0 spiro atoms. The third-order valence-electron chi connectivity index (χ3n) is 7.16. The Morgan fingerprint density at radius 2 is 1.65 bits per heavy atom. The molecular formula is C27H38N2O4S. The van der Waals surface area contributed by atoms with Gasteiger partial charge in [-0.05, 0) is 84.4 Å². The van der Waals surface area contributed by atoms with Gasteiger partial charge in [0.15, 0.2) is 0 Å². The molecule has 2 N–H and O–H groups in total. The van der Waals surface area contributed by atoms with Crippen molar-refractivity contribution in [3.63, 3.8) is 0 Å². The van der Waals surface area contributed by atoms with Crippen LogP contribution in [0.1, 0.15) is 71.3 Å². The minimum Gasteiger partial charge on any atom is -0.490 e. The van der Waals surface area contributed by atoms with Crippen LogP contribution in [0.5, 0.6) is 5.75 Å². The van der Waals surface area contributed by atoms with Crippen molar-refractivity contribution < 1.29 is 17.9 Å². The molecular weight excluding hydrogens is 448 g/mol. The van der Waals surface area contributed by atoms with E-state index in [9.17, 15) is 13.2 Å². The Hall–Kier alpha value is -2.12. The Bertz CT molecular complexity index is 1110. The van der Waals surface area contributed by atoms with Crippen LogP contribution >= 0.6 is 0 Å². The van der Waals surface area contributed by atoms with Crippen molar-refractivity contribution in [2.45, 2.75) is 83.6 Å². The number of fused-ring (bicyclic) bond motifs is 1. The molecule has 34 heavy (non-hydrogen) atoms. The van der Waals surface area contributed by atoms with E-state index in [4.69, 9.17) is 4.74 Å². The van der Waals surface area contributed by atoms with E-state index < -0.39 is 15.9 Å². The lowest BCUT2D eigenvalue weighted by molar-refractivity contribution is -0.119. The van der Waals surface area contributed by atoms with Gasteiger partial charge < -0.3 is 10.1 Å². The van der Waals surface area contributed by atoms with E-state index in [1.165, 1.54) is 12.8 Å². The van der Waals surface area contributed by atoms with Crippen LogP contribution in [0.4, 0.5) is 0 Å². The predicted octanol–water partition coefficient (Wildman–Crippen LogP) is 4.91. The number of nitrogens with one attached hydrogen (secondary N) is 2. The molecule has 4 rings (SSSR count). The van der Waals surface area contributed by atoms with E-state index in [1.54, 1.807) is 0 Å². The van der Waals surface area contributed by atoms with Crippen molar-refractivity contribution >= 4 is 26.7 Å². The molecule has 0 bridgehead atoms. The van der Waals surface area contributed by atoms with E-state index in [2.05, 4.69) is 67.2 Å². The Morgan fingerprint density at radius 1 is 0.971 bits per heavy atom. The van der Waals surface area contributed by atoms with Crippen molar-refractivity contribution in [1.29, 1.82) is 0 Å². The first kappa shape index (κ1) is 25.0. The molecule has 2 aliphatic rings. The first-order chi connectivity index (χ1) is 16.1. The zero-order valence-electron chi connectivity index (χ0n) is 20.6. The summed E-state index contributed by atoms with van der Waals surface area (Å²) in [6.07, 6.45) is 6.44. The summed E-state index contributed by atoms with van der Waals surface area (Å²) in [4.78, 5) is 11.9. The van der Waals surface area contributed by atoms with Gasteiger partial charge in [0.2, 0.25) is 15.9 Å². The van der Waals surface area contributed by atoms with E-state index in [0.717, 1.165) is 40.8 Å². The molecule has 0 heterocycles. The number of benzene rings is 2. The molecule has 2 aliphatic carbocycles. The lowest BCUT2D eigenvalue weighted by Gasteiger charge is -2.37. The largest absolute Gasteiger partial charge is 0.490 e. The van der Waals surface area contributed by atoms with Gasteiger partial charge in [0.25, 0.3) is 0 Å². The molecule has 2 aromatic rings. The zero-order valence-corrected chi connectivity index (χ0v) is 21.4. The average Bonchev–Trinajstić information content (AvgIpc) is 3.62. The number of hydrogen-bond donors (Lipinski definition) is 2. The average molecular weight is 487 g/mol. The molecule has 2 aromatic carbocycles.